The van der Waals surface area contributed by atoms with Crippen LogP contribution in [0, 0.1) is 18.6 Å². The van der Waals surface area contributed by atoms with Crippen LogP contribution < -0.4 is 10.1 Å². The average molecular weight is 547 g/mol. The molecule has 1 fully saturated rings. The summed E-state index contributed by atoms with van der Waals surface area (Å²) < 4.78 is 80.0. The summed E-state index contributed by atoms with van der Waals surface area (Å²) in [4.78, 5) is 37.0. The predicted octanol–water partition coefficient (Wildman–Crippen LogP) is 6.96. The lowest BCUT2D eigenvalue weighted by molar-refractivity contribution is -0.140. The van der Waals surface area contributed by atoms with Crippen molar-refractivity contribution in [2.45, 2.75) is 38.3 Å². The predicted molar refractivity (Wildman–Crippen MR) is 130 cm³/mol. The molecular formula is C28H22F5NO5. The molecular weight excluding hydrogens is 525 g/mol. The number of hydrogen-bond acceptors (Lipinski definition) is 5. The molecule has 0 spiro atoms. The van der Waals surface area contributed by atoms with Gasteiger partial charge in [0, 0.05) is 5.69 Å². The van der Waals surface area contributed by atoms with Crippen LogP contribution in [-0.4, -0.2) is 24.8 Å². The number of benzene rings is 3. The first-order valence-corrected chi connectivity index (χ1v) is 11.8. The van der Waals surface area contributed by atoms with Crippen molar-refractivity contribution in [1.82, 2.24) is 0 Å². The van der Waals surface area contributed by atoms with Gasteiger partial charge in [-0.2, -0.15) is 13.2 Å². The van der Waals surface area contributed by atoms with Crippen LogP contribution in [0.15, 0.2) is 48.5 Å². The summed E-state index contributed by atoms with van der Waals surface area (Å²) in [6.07, 6.45) is -4.43. The number of ketones is 1. The molecule has 0 aliphatic heterocycles. The highest BCUT2D eigenvalue weighted by Crippen LogP contribution is 2.48. The van der Waals surface area contributed by atoms with Crippen LogP contribution in [0.3, 0.4) is 0 Å². The van der Waals surface area contributed by atoms with Gasteiger partial charge in [-0.15, -0.1) is 0 Å². The number of halogens is 5. The third-order valence-electron chi connectivity index (χ3n) is 6.13. The maximum atomic E-state index is 14.3. The van der Waals surface area contributed by atoms with Crippen molar-refractivity contribution in [1.29, 1.82) is 0 Å². The first kappa shape index (κ1) is 27.7. The van der Waals surface area contributed by atoms with E-state index in [9.17, 15) is 36.3 Å². The molecule has 11 heteroatoms. The fraction of sp³-hybridized carbons (Fsp3) is 0.250. The molecule has 0 heterocycles. The van der Waals surface area contributed by atoms with Crippen molar-refractivity contribution >= 4 is 23.3 Å². The maximum absolute atomic E-state index is 14.3. The number of rotatable bonds is 8. The van der Waals surface area contributed by atoms with Crippen LogP contribution in [-0.2, 0) is 15.7 Å². The number of nitrogens with one attached hydrogen (secondary N) is 1. The summed E-state index contributed by atoms with van der Waals surface area (Å²) in [6.45, 7) is 1.54. The van der Waals surface area contributed by atoms with Gasteiger partial charge in [0.15, 0.2) is 5.78 Å². The molecule has 204 valence electrons. The Morgan fingerprint density at radius 3 is 2.28 bits per heavy atom. The number of carbonyl (C=O) groups is 3. The van der Waals surface area contributed by atoms with E-state index in [1.165, 1.54) is 19.1 Å². The van der Waals surface area contributed by atoms with Crippen molar-refractivity contribution < 1.29 is 45.8 Å². The number of Topliss-reactive ketones (excluding diaryl/α,β-unsaturated/α-hetero) is 1. The van der Waals surface area contributed by atoms with Crippen molar-refractivity contribution in [2.24, 2.45) is 0 Å². The molecule has 39 heavy (non-hydrogen) atoms. The van der Waals surface area contributed by atoms with E-state index in [1.54, 1.807) is 0 Å². The van der Waals surface area contributed by atoms with E-state index in [0.717, 1.165) is 37.4 Å². The van der Waals surface area contributed by atoms with Gasteiger partial charge < -0.3 is 14.8 Å². The van der Waals surface area contributed by atoms with Gasteiger partial charge in [-0.3, -0.25) is 14.4 Å². The number of anilines is 1. The molecule has 1 aliphatic rings. The summed E-state index contributed by atoms with van der Waals surface area (Å²) in [6, 6.07) is 8.36. The second-order valence-electron chi connectivity index (χ2n) is 9.04. The molecule has 1 amide bonds. The molecule has 0 bridgehead atoms. The second-order valence-corrected chi connectivity index (χ2v) is 9.04. The molecule has 0 atom stereocenters. The molecule has 0 saturated heterocycles. The van der Waals surface area contributed by atoms with Crippen molar-refractivity contribution in [3.05, 3.63) is 88.0 Å². The number of hydrogen-bond donors (Lipinski definition) is 1. The van der Waals surface area contributed by atoms with Gasteiger partial charge in [-0.1, -0.05) is 0 Å². The normalized spacial score (nSPS) is 13.1. The number of aryl methyl sites for hydroxylation is 1. The van der Waals surface area contributed by atoms with E-state index in [2.05, 4.69) is 10.1 Å². The van der Waals surface area contributed by atoms with Gasteiger partial charge in [0.05, 0.1) is 23.8 Å². The Labute approximate surface area is 219 Å². The van der Waals surface area contributed by atoms with E-state index >= 15 is 0 Å². The summed E-state index contributed by atoms with van der Waals surface area (Å²) >= 11 is 0. The van der Waals surface area contributed by atoms with Crippen molar-refractivity contribution in [3.8, 4) is 11.5 Å². The molecule has 3 aromatic carbocycles. The molecule has 1 aliphatic carbocycles. The minimum absolute atomic E-state index is 0.0220. The minimum atomic E-state index is -4.76. The third-order valence-corrected chi connectivity index (χ3v) is 6.13. The quantitative estimate of drug-likeness (QED) is 0.143. The van der Waals surface area contributed by atoms with Crippen molar-refractivity contribution in [3.63, 3.8) is 0 Å². The number of ether oxygens (including phenoxy) is 2. The van der Waals surface area contributed by atoms with Crippen LogP contribution >= 0.6 is 0 Å². The fourth-order valence-corrected chi connectivity index (χ4v) is 3.99. The smallest absolute Gasteiger partial charge is 0.416 e. The number of amides is 1. The van der Waals surface area contributed by atoms with Gasteiger partial charge >= 0.3 is 12.1 Å². The second kappa shape index (κ2) is 10.8. The Bertz CT molecular complexity index is 1460. The zero-order valence-corrected chi connectivity index (χ0v) is 20.7. The lowest BCUT2D eigenvalue weighted by Gasteiger charge is -2.19. The minimum Gasteiger partial charge on any atom is -0.469 e. The van der Waals surface area contributed by atoms with Gasteiger partial charge in [0.1, 0.15) is 29.6 Å². The SMILES string of the molecule is COC(=O)CC(=O)c1cc(NC(=O)c2cc(C(F)(F)F)c(C3CC3)cc2Oc2ccc(F)cc2C)ccc1F. The third kappa shape index (κ3) is 6.42. The van der Waals surface area contributed by atoms with Crippen LogP contribution in [0.4, 0.5) is 27.6 Å². The van der Waals surface area contributed by atoms with E-state index in [4.69, 9.17) is 4.74 Å². The van der Waals surface area contributed by atoms with Crippen LogP contribution in [0.1, 0.15) is 62.6 Å². The molecule has 3 aromatic rings. The Kier molecular flexibility index (Phi) is 7.71. The van der Waals surface area contributed by atoms with Gasteiger partial charge in [0.25, 0.3) is 5.91 Å². The molecule has 4 rings (SSSR count). The van der Waals surface area contributed by atoms with E-state index in [-0.39, 0.29) is 28.7 Å². The van der Waals surface area contributed by atoms with E-state index in [1.807, 2.05) is 0 Å². The highest BCUT2D eigenvalue weighted by Gasteiger charge is 2.40. The zero-order valence-electron chi connectivity index (χ0n) is 20.7. The summed E-state index contributed by atoms with van der Waals surface area (Å²) in [5.41, 5.74) is -1.78. The van der Waals surface area contributed by atoms with Crippen LogP contribution in [0.5, 0.6) is 11.5 Å². The molecule has 0 unspecified atom stereocenters. The van der Waals surface area contributed by atoms with Gasteiger partial charge in [-0.05, 0) is 85.3 Å². The summed E-state index contributed by atoms with van der Waals surface area (Å²) in [7, 11) is 1.05. The summed E-state index contributed by atoms with van der Waals surface area (Å²) in [5, 5.41) is 2.36. The Balaban J connectivity index is 1.74. The highest BCUT2D eigenvalue weighted by molar-refractivity contribution is 6.09. The number of carbonyl (C=O) groups excluding carboxylic acids is 3. The van der Waals surface area contributed by atoms with E-state index < -0.39 is 58.6 Å². The monoisotopic (exact) mass is 547 g/mol. The zero-order chi connectivity index (χ0) is 28.5. The Hall–Kier alpha value is -4.28. The van der Waals surface area contributed by atoms with Crippen LogP contribution in [0.2, 0.25) is 0 Å². The maximum Gasteiger partial charge on any atom is 0.416 e. The van der Waals surface area contributed by atoms with E-state index in [0.29, 0.717) is 24.5 Å². The number of alkyl halides is 3. The lowest BCUT2D eigenvalue weighted by Crippen LogP contribution is -2.17. The van der Waals surface area contributed by atoms with Crippen LogP contribution in [0.25, 0.3) is 0 Å². The highest BCUT2D eigenvalue weighted by atomic mass is 19.4. The molecule has 6 nitrogen and oxygen atoms in total. The van der Waals surface area contributed by atoms with Gasteiger partial charge in [0.2, 0.25) is 0 Å². The number of methoxy groups -OCH3 is 1. The molecule has 0 aromatic heterocycles. The molecule has 1 saturated carbocycles. The lowest BCUT2D eigenvalue weighted by atomic mass is 9.98. The Morgan fingerprint density at radius 2 is 1.67 bits per heavy atom. The largest absolute Gasteiger partial charge is 0.469 e. The molecule has 1 N–H and O–H groups in total. The topological polar surface area (TPSA) is 81.7 Å². The first-order valence-electron chi connectivity index (χ1n) is 11.8. The van der Waals surface area contributed by atoms with Crippen molar-refractivity contribution in [2.75, 3.05) is 12.4 Å². The Morgan fingerprint density at radius 1 is 0.949 bits per heavy atom. The average Bonchev–Trinajstić information content (AvgIpc) is 3.71. The standard InChI is InChI=1S/C28H22F5NO5/c1-14-9-16(29)5-8-24(14)39-25-12-18(15-3-4-15)21(28(31,32)33)11-20(25)27(37)34-17-6-7-22(30)19(10-17)23(35)13-26(36)38-2/h5-12,15H,3-4,13H2,1-2H3,(H,34,37). The first-order chi connectivity index (χ1) is 18.4. The fourth-order valence-electron chi connectivity index (χ4n) is 3.99. The van der Waals surface area contributed by atoms with Gasteiger partial charge in [-0.25, -0.2) is 8.78 Å². The molecule has 0 radical (unpaired) electrons. The number of esters is 1. The summed E-state index contributed by atoms with van der Waals surface area (Å²) in [5.74, 6) is -4.78.